The maximum Gasteiger partial charge on any atom is 0.244 e. The first-order valence-electron chi connectivity index (χ1n) is 6.35. The van der Waals surface area contributed by atoms with Gasteiger partial charge in [-0.2, -0.15) is 0 Å². The highest BCUT2D eigenvalue weighted by Crippen LogP contribution is 2.20. The van der Waals surface area contributed by atoms with Gasteiger partial charge in [0.05, 0.1) is 19.4 Å². The lowest BCUT2D eigenvalue weighted by atomic mass is 10.4. The molecule has 0 radical (unpaired) electrons. The Kier molecular flexibility index (Phi) is 4.64. The van der Waals surface area contributed by atoms with Gasteiger partial charge in [-0.25, -0.2) is 13.1 Å². The van der Waals surface area contributed by atoms with E-state index in [2.05, 4.69) is 10.0 Å². The van der Waals surface area contributed by atoms with E-state index in [0.717, 1.165) is 6.54 Å². The van der Waals surface area contributed by atoms with Gasteiger partial charge < -0.3 is 14.2 Å². The number of aryl methyl sites for hydroxylation is 1. The molecule has 0 aliphatic rings. The minimum absolute atomic E-state index is 0.114. The Bertz CT molecular complexity index is 644. The average molecular weight is 298 g/mol. The van der Waals surface area contributed by atoms with Crippen molar-refractivity contribution in [3.63, 3.8) is 0 Å². The lowest BCUT2D eigenvalue weighted by Crippen LogP contribution is -2.23. The molecule has 2 aromatic rings. The van der Waals surface area contributed by atoms with Gasteiger partial charge in [-0.1, -0.05) is 6.92 Å². The van der Waals surface area contributed by atoms with E-state index in [1.165, 1.54) is 6.26 Å². The van der Waals surface area contributed by atoms with E-state index in [0.29, 0.717) is 23.8 Å². The lowest BCUT2D eigenvalue weighted by molar-refractivity contribution is 0.459. The molecule has 0 bridgehead atoms. The van der Waals surface area contributed by atoms with Crippen LogP contribution < -0.4 is 10.0 Å². The maximum absolute atomic E-state index is 12.2. The van der Waals surface area contributed by atoms with Gasteiger partial charge in [0.2, 0.25) is 10.0 Å². The average Bonchev–Trinajstić information content (AvgIpc) is 3.03. The van der Waals surface area contributed by atoms with Crippen molar-refractivity contribution < 1.29 is 17.3 Å². The minimum atomic E-state index is -3.60. The molecule has 6 nitrogen and oxygen atoms in total. The highest BCUT2D eigenvalue weighted by molar-refractivity contribution is 7.89. The van der Waals surface area contributed by atoms with Crippen LogP contribution in [0.25, 0.3) is 0 Å². The summed E-state index contributed by atoms with van der Waals surface area (Å²) in [4.78, 5) is 0.164. The second-order valence-corrected chi connectivity index (χ2v) is 6.05. The molecule has 0 atom stereocenters. The molecule has 2 N–H and O–H groups in total. The number of furan rings is 2. The van der Waals surface area contributed by atoms with E-state index in [1.54, 1.807) is 25.1 Å². The minimum Gasteiger partial charge on any atom is -0.468 e. The Morgan fingerprint density at radius 2 is 2.05 bits per heavy atom. The molecule has 0 fully saturated rings. The molecule has 2 heterocycles. The standard InChI is InChI=1S/C13H18N2O4S/c1-3-14-8-12-7-13(10(2)19-12)20(16,17)15-9-11-5-4-6-18-11/h4-7,14-15H,3,8-9H2,1-2H3. The van der Waals surface area contributed by atoms with Gasteiger partial charge >= 0.3 is 0 Å². The van der Waals surface area contributed by atoms with Gasteiger partial charge in [-0.15, -0.1) is 0 Å². The Hall–Kier alpha value is -1.57. The van der Waals surface area contributed by atoms with Crippen molar-refractivity contribution in [2.45, 2.75) is 31.8 Å². The van der Waals surface area contributed by atoms with Crippen molar-refractivity contribution in [1.29, 1.82) is 0 Å². The number of rotatable bonds is 7. The van der Waals surface area contributed by atoms with Crippen molar-refractivity contribution in [1.82, 2.24) is 10.0 Å². The number of nitrogens with one attached hydrogen (secondary N) is 2. The van der Waals surface area contributed by atoms with Crippen LogP contribution in [-0.2, 0) is 23.1 Å². The van der Waals surface area contributed by atoms with E-state index in [1.807, 2.05) is 6.92 Å². The van der Waals surface area contributed by atoms with Crippen molar-refractivity contribution in [3.8, 4) is 0 Å². The molecular formula is C13H18N2O4S. The molecule has 0 aliphatic heterocycles. The smallest absolute Gasteiger partial charge is 0.244 e. The van der Waals surface area contributed by atoms with Crippen LogP contribution in [0.5, 0.6) is 0 Å². The van der Waals surface area contributed by atoms with E-state index < -0.39 is 10.0 Å². The fourth-order valence-electron chi connectivity index (χ4n) is 1.78. The van der Waals surface area contributed by atoms with Gasteiger partial charge in [0.25, 0.3) is 0 Å². The van der Waals surface area contributed by atoms with Crippen LogP contribution in [0.4, 0.5) is 0 Å². The van der Waals surface area contributed by atoms with Gasteiger partial charge in [0.15, 0.2) is 0 Å². The molecule has 2 rings (SSSR count). The Labute approximate surface area is 118 Å². The zero-order chi connectivity index (χ0) is 14.6. The normalized spacial score (nSPS) is 11.9. The third-order valence-electron chi connectivity index (χ3n) is 2.78. The summed E-state index contributed by atoms with van der Waals surface area (Å²) in [6, 6.07) is 4.96. The molecule has 0 aromatic carbocycles. The van der Waals surface area contributed by atoms with Crippen LogP contribution in [-0.4, -0.2) is 15.0 Å². The summed E-state index contributed by atoms with van der Waals surface area (Å²) in [5, 5.41) is 3.09. The largest absolute Gasteiger partial charge is 0.468 e. The lowest BCUT2D eigenvalue weighted by Gasteiger charge is -2.03. The molecule has 0 aliphatic carbocycles. The third-order valence-corrected chi connectivity index (χ3v) is 4.29. The first-order valence-corrected chi connectivity index (χ1v) is 7.83. The van der Waals surface area contributed by atoms with E-state index in [-0.39, 0.29) is 11.4 Å². The monoisotopic (exact) mass is 298 g/mol. The van der Waals surface area contributed by atoms with E-state index >= 15 is 0 Å². The van der Waals surface area contributed by atoms with Gasteiger partial charge in [0, 0.05) is 6.07 Å². The predicted octanol–water partition coefficient (Wildman–Crippen LogP) is 1.77. The summed E-state index contributed by atoms with van der Waals surface area (Å²) >= 11 is 0. The number of hydrogen-bond donors (Lipinski definition) is 2. The number of hydrogen-bond acceptors (Lipinski definition) is 5. The molecule has 2 aromatic heterocycles. The molecule has 20 heavy (non-hydrogen) atoms. The summed E-state index contributed by atoms with van der Waals surface area (Å²) in [7, 11) is -3.60. The summed E-state index contributed by atoms with van der Waals surface area (Å²) < 4.78 is 37.4. The zero-order valence-corrected chi connectivity index (χ0v) is 12.3. The van der Waals surface area contributed by atoms with Crippen LogP contribution in [0.3, 0.4) is 0 Å². The molecule has 0 spiro atoms. The molecule has 110 valence electrons. The second-order valence-electron chi connectivity index (χ2n) is 4.32. The highest BCUT2D eigenvalue weighted by Gasteiger charge is 2.21. The zero-order valence-electron chi connectivity index (χ0n) is 11.5. The highest BCUT2D eigenvalue weighted by atomic mass is 32.2. The molecule has 0 unspecified atom stereocenters. The molecule has 0 amide bonds. The fraction of sp³-hybridized carbons (Fsp3) is 0.385. The third kappa shape index (κ3) is 3.50. The van der Waals surface area contributed by atoms with Gasteiger partial charge in [-0.3, -0.25) is 0 Å². The second kappa shape index (κ2) is 6.25. The Morgan fingerprint density at radius 1 is 1.25 bits per heavy atom. The fourth-order valence-corrected chi connectivity index (χ4v) is 2.98. The SMILES string of the molecule is CCNCc1cc(S(=O)(=O)NCc2ccco2)c(C)o1. The topological polar surface area (TPSA) is 84.5 Å². The van der Waals surface area contributed by atoms with Crippen LogP contribution in [0.2, 0.25) is 0 Å². The van der Waals surface area contributed by atoms with Crippen molar-refractivity contribution in [3.05, 3.63) is 41.7 Å². The van der Waals surface area contributed by atoms with E-state index in [4.69, 9.17) is 8.83 Å². The molecule has 0 saturated heterocycles. The van der Waals surface area contributed by atoms with Crippen LogP contribution in [0, 0.1) is 6.92 Å². The molecule has 7 heteroatoms. The predicted molar refractivity (Wildman–Crippen MR) is 73.6 cm³/mol. The van der Waals surface area contributed by atoms with Crippen LogP contribution in [0.1, 0.15) is 24.2 Å². The first-order chi connectivity index (χ1) is 9.53. The first kappa shape index (κ1) is 14.8. The van der Waals surface area contributed by atoms with Gasteiger partial charge in [0.1, 0.15) is 22.2 Å². The van der Waals surface area contributed by atoms with E-state index in [9.17, 15) is 8.42 Å². The summed E-state index contributed by atoms with van der Waals surface area (Å²) in [5.41, 5.74) is 0. The Balaban J connectivity index is 2.10. The Morgan fingerprint density at radius 3 is 2.70 bits per heavy atom. The molecular weight excluding hydrogens is 280 g/mol. The van der Waals surface area contributed by atoms with Crippen molar-refractivity contribution in [2.24, 2.45) is 0 Å². The molecule has 0 saturated carbocycles. The summed E-state index contributed by atoms with van der Waals surface area (Å²) in [6.07, 6.45) is 1.50. The quantitative estimate of drug-likeness (QED) is 0.814. The summed E-state index contributed by atoms with van der Waals surface area (Å²) in [6.45, 7) is 5.02. The van der Waals surface area contributed by atoms with Crippen molar-refractivity contribution >= 4 is 10.0 Å². The maximum atomic E-state index is 12.2. The van der Waals surface area contributed by atoms with Crippen LogP contribution >= 0.6 is 0 Å². The van der Waals surface area contributed by atoms with Crippen molar-refractivity contribution in [2.75, 3.05) is 6.54 Å². The number of sulfonamides is 1. The summed E-state index contributed by atoms with van der Waals surface area (Å²) in [5.74, 6) is 1.54. The van der Waals surface area contributed by atoms with Gasteiger partial charge in [-0.05, 0) is 25.6 Å². The van der Waals surface area contributed by atoms with Crippen LogP contribution in [0.15, 0.2) is 38.2 Å².